The molecule has 0 saturated carbocycles. The van der Waals surface area contributed by atoms with Gasteiger partial charge in [-0.25, -0.2) is 4.99 Å². The highest BCUT2D eigenvalue weighted by Crippen LogP contribution is 2.28. The van der Waals surface area contributed by atoms with Crippen molar-refractivity contribution in [1.29, 1.82) is 5.26 Å². The van der Waals surface area contributed by atoms with Crippen LogP contribution in [0.25, 0.3) is 5.57 Å². The van der Waals surface area contributed by atoms with Crippen LogP contribution in [0, 0.1) is 11.3 Å². The molecule has 3 nitrogen and oxygen atoms in total. The third-order valence-corrected chi connectivity index (χ3v) is 3.09. The highest BCUT2D eigenvalue weighted by atomic mass is 16.5. The Morgan fingerprint density at radius 1 is 1.37 bits per heavy atom. The Hall–Kier alpha value is -2.18. The summed E-state index contributed by atoms with van der Waals surface area (Å²) < 4.78 is 5.64. The van der Waals surface area contributed by atoms with Gasteiger partial charge in [0.2, 0.25) is 0 Å². The lowest BCUT2D eigenvalue weighted by molar-refractivity contribution is 0.112. The molecule has 2 rings (SSSR count). The van der Waals surface area contributed by atoms with Gasteiger partial charge in [0.1, 0.15) is 11.8 Å². The van der Waals surface area contributed by atoms with Crippen LogP contribution < -0.4 is 0 Å². The van der Waals surface area contributed by atoms with E-state index in [2.05, 4.69) is 30.3 Å². The molecule has 0 N–H and O–H groups in total. The van der Waals surface area contributed by atoms with E-state index in [4.69, 9.17) is 10.00 Å². The quantitative estimate of drug-likeness (QED) is 0.606. The van der Waals surface area contributed by atoms with E-state index < -0.39 is 0 Å². The van der Waals surface area contributed by atoms with Crippen molar-refractivity contribution in [2.45, 2.75) is 18.9 Å². The molecule has 0 bridgehead atoms. The molecule has 1 aromatic carbocycles. The third-order valence-electron chi connectivity index (χ3n) is 3.09. The Labute approximate surface area is 113 Å². The topological polar surface area (TPSA) is 45.4 Å². The average molecular weight is 252 g/mol. The Morgan fingerprint density at radius 2 is 2.11 bits per heavy atom. The van der Waals surface area contributed by atoms with Gasteiger partial charge in [-0.15, -0.1) is 0 Å². The summed E-state index contributed by atoms with van der Waals surface area (Å²) in [6.07, 6.45) is 4.01. The number of nitrogens with zero attached hydrogens (tertiary/aromatic N) is 2. The van der Waals surface area contributed by atoms with Crippen LogP contribution in [0.2, 0.25) is 0 Å². The van der Waals surface area contributed by atoms with E-state index in [0.29, 0.717) is 0 Å². The number of benzene rings is 1. The summed E-state index contributed by atoms with van der Waals surface area (Å²) in [4.78, 5) is 3.91. The van der Waals surface area contributed by atoms with Gasteiger partial charge in [0.15, 0.2) is 0 Å². The standard InChI is InChI=1S/C16H16N2O/c1-12(11-18-13(2)10-17)14-5-7-15(8-6-14)16-4-3-9-19-16/h5-8,11,16H,1-4,9H2/b18-11+. The van der Waals surface area contributed by atoms with Crippen molar-refractivity contribution in [3.05, 3.63) is 54.2 Å². The molecule has 1 fully saturated rings. The Kier molecular flexibility index (Phi) is 4.27. The van der Waals surface area contributed by atoms with Crippen molar-refractivity contribution in [3.8, 4) is 6.07 Å². The van der Waals surface area contributed by atoms with E-state index in [1.165, 1.54) is 5.56 Å². The van der Waals surface area contributed by atoms with Gasteiger partial charge in [-0.1, -0.05) is 37.4 Å². The van der Waals surface area contributed by atoms with Gasteiger partial charge in [0, 0.05) is 12.8 Å². The van der Waals surface area contributed by atoms with Gasteiger partial charge in [0.05, 0.1) is 6.10 Å². The fourth-order valence-electron chi connectivity index (χ4n) is 2.01. The molecule has 0 aromatic heterocycles. The maximum atomic E-state index is 8.57. The molecule has 1 atom stereocenters. The zero-order chi connectivity index (χ0) is 13.7. The predicted octanol–water partition coefficient (Wildman–Crippen LogP) is 3.66. The lowest BCUT2D eigenvalue weighted by Crippen LogP contribution is -1.95. The van der Waals surface area contributed by atoms with Gasteiger partial charge in [0.25, 0.3) is 0 Å². The summed E-state index contributed by atoms with van der Waals surface area (Å²) in [5, 5.41) is 8.57. The van der Waals surface area contributed by atoms with Crippen LogP contribution in [0.4, 0.5) is 0 Å². The van der Waals surface area contributed by atoms with Crippen molar-refractivity contribution in [3.63, 3.8) is 0 Å². The first-order chi connectivity index (χ1) is 9.20. The SMILES string of the molecule is C=C(C#N)/N=C/C(=C)c1ccc(C2CCCO2)cc1. The number of nitriles is 1. The summed E-state index contributed by atoms with van der Waals surface area (Å²) in [7, 11) is 0. The summed E-state index contributed by atoms with van der Waals surface area (Å²) in [6, 6.07) is 9.99. The summed E-state index contributed by atoms with van der Waals surface area (Å²) >= 11 is 0. The van der Waals surface area contributed by atoms with E-state index in [-0.39, 0.29) is 11.8 Å². The second kappa shape index (κ2) is 6.12. The van der Waals surface area contributed by atoms with Crippen LogP contribution in [0.5, 0.6) is 0 Å². The van der Waals surface area contributed by atoms with Crippen molar-refractivity contribution in [2.24, 2.45) is 4.99 Å². The van der Waals surface area contributed by atoms with Crippen molar-refractivity contribution >= 4 is 11.8 Å². The van der Waals surface area contributed by atoms with E-state index in [1.807, 2.05) is 18.2 Å². The molecule has 0 aliphatic carbocycles. The summed E-state index contributed by atoms with van der Waals surface area (Å²) in [5.74, 6) is 0. The van der Waals surface area contributed by atoms with Gasteiger partial charge in [-0.2, -0.15) is 5.26 Å². The molecule has 1 heterocycles. The van der Waals surface area contributed by atoms with Crippen molar-refractivity contribution in [2.75, 3.05) is 6.61 Å². The maximum Gasteiger partial charge on any atom is 0.133 e. The smallest absolute Gasteiger partial charge is 0.133 e. The number of hydrogen-bond donors (Lipinski definition) is 0. The van der Waals surface area contributed by atoms with Gasteiger partial charge < -0.3 is 4.74 Å². The molecular formula is C16H16N2O. The second-order valence-electron chi connectivity index (χ2n) is 4.47. The molecule has 1 unspecified atom stereocenters. The van der Waals surface area contributed by atoms with Crippen LogP contribution in [0.15, 0.2) is 48.1 Å². The first-order valence-corrected chi connectivity index (χ1v) is 6.24. The molecular weight excluding hydrogens is 236 g/mol. The normalized spacial score (nSPS) is 18.4. The van der Waals surface area contributed by atoms with Crippen molar-refractivity contribution in [1.82, 2.24) is 0 Å². The molecule has 3 heteroatoms. The molecule has 96 valence electrons. The number of aliphatic imine (C=N–C) groups is 1. The highest BCUT2D eigenvalue weighted by molar-refractivity contribution is 6.09. The lowest BCUT2D eigenvalue weighted by atomic mass is 10.0. The predicted molar refractivity (Wildman–Crippen MR) is 76.6 cm³/mol. The monoisotopic (exact) mass is 252 g/mol. The number of ether oxygens (including phenoxy) is 1. The van der Waals surface area contributed by atoms with E-state index in [9.17, 15) is 0 Å². The largest absolute Gasteiger partial charge is 0.374 e. The average Bonchev–Trinajstić information content (AvgIpc) is 2.98. The van der Waals surface area contributed by atoms with E-state index >= 15 is 0 Å². The maximum absolute atomic E-state index is 8.57. The third kappa shape index (κ3) is 3.40. The Balaban J connectivity index is 2.05. The first-order valence-electron chi connectivity index (χ1n) is 6.24. The minimum Gasteiger partial charge on any atom is -0.374 e. The molecule has 0 spiro atoms. The molecule has 1 aromatic rings. The zero-order valence-corrected chi connectivity index (χ0v) is 10.8. The van der Waals surface area contributed by atoms with Gasteiger partial charge in [-0.05, 0) is 29.5 Å². The summed E-state index contributed by atoms with van der Waals surface area (Å²) in [5.41, 5.74) is 3.12. The number of allylic oxidation sites excluding steroid dienone is 2. The fourth-order valence-corrected chi connectivity index (χ4v) is 2.01. The van der Waals surface area contributed by atoms with Crippen LogP contribution >= 0.6 is 0 Å². The van der Waals surface area contributed by atoms with E-state index in [1.54, 1.807) is 6.21 Å². The Morgan fingerprint density at radius 3 is 2.68 bits per heavy atom. The van der Waals surface area contributed by atoms with Crippen LogP contribution in [0.1, 0.15) is 30.1 Å². The number of hydrogen-bond acceptors (Lipinski definition) is 3. The first kappa shape index (κ1) is 13.3. The number of rotatable bonds is 4. The van der Waals surface area contributed by atoms with Crippen LogP contribution in [-0.4, -0.2) is 12.8 Å². The molecule has 1 aliphatic heterocycles. The highest BCUT2D eigenvalue weighted by Gasteiger charge is 2.17. The molecule has 19 heavy (non-hydrogen) atoms. The summed E-state index contributed by atoms with van der Waals surface area (Å²) in [6.45, 7) is 8.27. The van der Waals surface area contributed by atoms with Crippen LogP contribution in [-0.2, 0) is 4.74 Å². The molecule has 1 saturated heterocycles. The lowest BCUT2D eigenvalue weighted by Gasteiger charge is -2.10. The minimum absolute atomic E-state index is 0.178. The molecule has 0 amide bonds. The Bertz CT molecular complexity index is 543. The van der Waals surface area contributed by atoms with Crippen molar-refractivity contribution < 1.29 is 4.74 Å². The molecule has 1 aliphatic rings. The van der Waals surface area contributed by atoms with Gasteiger partial charge in [-0.3, -0.25) is 0 Å². The second-order valence-corrected chi connectivity index (χ2v) is 4.47. The fraction of sp³-hybridized carbons (Fsp3) is 0.250. The molecule has 0 radical (unpaired) electrons. The van der Waals surface area contributed by atoms with Crippen LogP contribution in [0.3, 0.4) is 0 Å². The minimum atomic E-state index is 0.178. The van der Waals surface area contributed by atoms with E-state index in [0.717, 1.165) is 30.6 Å². The zero-order valence-electron chi connectivity index (χ0n) is 10.8. The van der Waals surface area contributed by atoms with Gasteiger partial charge >= 0.3 is 0 Å².